The summed E-state index contributed by atoms with van der Waals surface area (Å²) in [4.78, 5) is 0. The zero-order valence-electron chi connectivity index (χ0n) is 9.34. The predicted octanol–water partition coefficient (Wildman–Crippen LogP) is 1.59. The quantitative estimate of drug-likeness (QED) is 0.440. The van der Waals surface area contributed by atoms with Gasteiger partial charge in [-0.2, -0.15) is 0 Å². The summed E-state index contributed by atoms with van der Waals surface area (Å²) in [5, 5.41) is 0. The molecular formula is C8H17BF4N2O. The number of hydrogen-bond donors (Lipinski definition) is 0. The molecule has 8 heteroatoms. The number of aryl methyl sites for hydroxylation is 2. The summed E-state index contributed by atoms with van der Waals surface area (Å²) in [7, 11) is -3.96. The smallest absolute Gasteiger partial charge is 0.418 e. The standard InChI is InChI=1S/C8H15N2.BF4.H2O/c1-3-4-5-10-7-6-9(2)8-10;2-1(3,4)5;/h6-8H,3-5H2,1-2H3;;1H2/q+1;-1;. The fourth-order valence-electron chi connectivity index (χ4n) is 0.975. The molecule has 96 valence electrons. The Morgan fingerprint density at radius 2 is 1.75 bits per heavy atom. The van der Waals surface area contributed by atoms with Gasteiger partial charge in [0.15, 0.2) is 0 Å². The zero-order chi connectivity index (χ0) is 11.9. The Bertz CT molecular complexity index is 271. The molecule has 0 saturated carbocycles. The first kappa shape index (κ1) is 17.4. The number of rotatable bonds is 3. The Kier molecular flexibility index (Phi) is 8.84. The fraction of sp³-hybridized carbons (Fsp3) is 0.625. The van der Waals surface area contributed by atoms with E-state index in [-0.39, 0.29) is 5.48 Å². The first-order valence-corrected chi connectivity index (χ1v) is 4.71. The van der Waals surface area contributed by atoms with Crippen molar-refractivity contribution in [3.05, 3.63) is 18.7 Å². The van der Waals surface area contributed by atoms with E-state index < -0.39 is 7.25 Å². The van der Waals surface area contributed by atoms with E-state index in [4.69, 9.17) is 0 Å². The van der Waals surface area contributed by atoms with Gasteiger partial charge in [-0.25, -0.2) is 9.13 Å². The molecule has 0 radical (unpaired) electrons. The van der Waals surface area contributed by atoms with Crippen LogP contribution in [0.5, 0.6) is 0 Å². The largest absolute Gasteiger partial charge is 0.673 e. The van der Waals surface area contributed by atoms with Crippen molar-refractivity contribution >= 4 is 7.25 Å². The highest BCUT2D eigenvalue weighted by atomic mass is 19.5. The highest BCUT2D eigenvalue weighted by molar-refractivity contribution is 6.50. The lowest BCUT2D eigenvalue weighted by atomic mass is 10.3. The molecule has 16 heavy (non-hydrogen) atoms. The number of aromatic nitrogens is 2. The van der Waals surface area contributed by atoms with E-state index in [1.807, 2.05) is 7.05 Å². The number of nitrogens with zero attached hydrogens (tertiary/aromatic N) is 2. The monoisotopic (exact) mass is 244 g/mol. The molecular weight excluding hydrogens is 227 g/mol. The fourth-order valence-corrected chi connectivity index (χ4v) is 0.975. The second-order valence-electron chi connectivity index (χ2n) is 3.17. The first-order chi connectivity index (χ1) is 6.83. The summed E-state index contributed by atoms with van der Waals surface area (Å²) in [6.07, 6.45) is 8.82. The minimum Gasteiger partial charge on any atom is -0.418 e. The Labute approximate surface area is 92.1 Å². The van der Waals surface area contributed by atoms with Crippen molar-refractivity contribution in [2.24, 2.45) is 7.05 Å². The second-order valence-corrected chi connectivity index (χ2v) is 3.17. The van der Waals surface area contributed by atoms with Gasteiger partial charge >= 0.3 is 7.25 Å². The first-order valence-electron chi connectivity index (χ1n) is 4.71. The van der Waals surface area contributed by atoms with Gasteiger partial charge in [-0.1, -0.05) is 13.3 Å². The van der Waals surface area contributed by atoms with Crippen LogP contribution in [0, 0.1) is 0 Å². The van der Waals surface area contributed by atoms with E-state index in [1.165, 1.54) is 12.8 Å². The molecule has 0 saturated heterocycles. The molecule has 0 aliphatic rings. The average molecular weight is 244 g/mol. The van der Waals surface area contributed by atoms with Crippen molar-refractivity contribution in [3.8, 4) is 0 Å². The molecule has 0 aliphatic carbocycles. The van der Waals surface area contributed by atoms with Crippen LogP contribution in [0.25, 0.3) is 0 Å². The Morgan fingerprint density at radius 3 is 2.06 bits per heavy atom. The molecule has 0 aliphatic heterocycles. The van der Waals surface area contributed by atoms with Crippen molar-refractivity contribution in [3.63, 3.8) is 0 Å². The highest BCUT2D eigenvalue weighted by Crippen LogP contribution is 2.06. The molecule has 0 aromatic carbocycles. The van der Waals surface area contributed by atoms with Crippen molar-refractivity contribution in [2.45, 2.75) is 26.3 Å². The third-order valence-electron chi connectivity index (χ3n) is 1.59. The van der Waals surface area contributed by atoms with Gasteiger partial charge < -0.3 is 22.7 Å². The van der Waals surface area contributed by atoms with Crippen LogP contribution in [0.2, 0.25) is 0 Å². The van der Waals surface area contributed by atoms with Crippen molar-refractivity contribution in [1.29, 1.82) is 0 Å². The normalized spacial score (nSPS) is 10.1. The van der Waals surface area contributed by atoms with E-state index in [9.17, 15) is 17.3 Å². The van der Waals surface area contributed by atoms with Crippen molar-refractivity contribution in [2.75, 3.05) is 0 Å². The van der Waals surface area contributed by atoms with Gasteiger partial charge in [-0.3, -0.25) is 0 Å². The molecule has 3 nitrogen and oxygen atoms in total. The maximum absolute atomic E-state index is 9.75. The second kappa shape index (κ2) is 8.15. The van der Waals surface area contributed by atoms with Gasteiger partial charge in [0.1, 0.15) is 12.4 Å². The van der Waals surface area contributed by atoms with Crippen molar-refractivity contribution in [1.82, 2.24) is 4.57 Å². The highest BCUT2D eigenvalue weighted by Gasteiger charge is 2.20. The van der Waals surface area contributed by atoms with Gasteiger partial charge in [0.25, 0.3) is 0 Å². The minimum atomic E-state index is -6.00. The maximum atomic E-state index is 9.75. The Morgan fingerprint density at radius 1 is 1.25 bits per heavy atom. The summed E-state index contributed by atoms with van der Waals surface area (Å²) in [5.41, 5.74) is 0. The van der Waals surface area contributed by atoms with Gasteiger partial charge in [0, 0.05) is 0 Å². The molecule has 1 heterocycles. The molecule has 0 unspecified atom stereocenters. The molecule has 0 spiro atoms. The zero-order valence-corrected chi connectivity index (χ0v) is 9.34. The lowest BCUT2D eigenvalue weighted by molar-refractivity contribution is -0.696. The van der Waals surface area contributed by atoms with Crippen LogP contribution >= 0.6 is 0 Å². The van der Waals surface area contributed by atoms with E-state index >= 15 is 0 Å². The van der Waals surface area contributed by atoms with Crippen LogP contribution in [0.1, 0.15) is 19.8 Å². The van der Waals surface area contributed by atoms with Crippen LogP contribution in [0.15, 0.2) is 18.7 Å². The van der Waals surface area contributed by atoms with E-state index in [0.29, 0.717) is 0 Å². The molecule has 2 N–H and O–H groups in total. The minimum absolute atomic E-state index is 0. The predicted molar refractivity (Wildman–Crippen MR) is 54.3 cm³/mol. The van der Waals surface area contributed by atoms with Crippen LogP contribution in [0.3, 0.4) is 0 Å². The Hall–Kier alpha value is -1.05. The third-order valence-corrected chi connectivity index (χ3v) is 1.59. The van der Waals surface area contributed by atoms with Crippen LogP contribution in [-0.4, -0.2) is 17.3 Å². The molecule has 0 fully saturated rings. The van der Waals surface area contributed by atoms with Gasteiger partial charge in [0.05, 0.1) is 13.6 Å². The molecule has 0 amide bonds. The third kappa shape index (κ3) is 13.0. The summed E-state index contributed by atoms with van der Waals surface area (Å²) >= 11 is 0. The maximum Gasteiger partial charge on any atom is 0.673 e. The summed E-state index contributed by atoms with van der Waals surface area (Å²) in [6, 6.07) is 0. The van der Waals surface area contributed by atoms with Gasteiger partial charge in [-0.15, -0.1) is 0 Å². The number of imidazole rings is 1. The van der Waals surface area contributed by atoms with E-state index in [2.05, 4.69) is 34.8 Å². The van der Waals surface area contributed by atoms with Crippen LogP contribution in [-0.2, 0) is 13.6 Å². The number of hydrogen-bond acceptors (Lipinski definition) is 0. The van der Waals surface area contributed by atoms with Gasteiger partial charge in [0.2, 0.25) is 6.33 Å². The lowest BCUT2D eigenvalue weighted by Gasteiger charge is -1.94. The van der Waals surface area contributed by atoms with E-state index in [0.717, 1.165) is 6.54 Å². The van der Waals surface area contributed by atoms with Gasteiger partial charge in [-0.05, 0) is 6.42 Å². The topological polar surface area (TPSA) is 40.3 Å². The van der Waals surface area contributed by atoms with Crippen LogP contribution in [0.4, 0.5) is 17.3 Å². The molecule has 1 aromatic rings. The Balaban J connectivity index is 0. The SMILES string of the molecule is CCCC[n+]1ccn(C)c1.F[B-](F)(F)F.O. The summed E-state index contributed by atoms with van der Waals surface area (Å²) in [5.74, 6) is 0. The molecule has 0 atom stereocenters. The lowest BCUT2D eigenvalue weighted by Crippen LogP contribution is -2.30. The average Bonchev–Trinajstić information content (AvgIpc) is 2.45. The molecule has 0 bridgehead atoms. The summed E-state index contributed by atoms with van der Waals surface area (Å²) in [6.45, 7) is 3.36. The molecule has 1 aromatic heterocycles. The number of halogens is 4. The van der Waals surface area contributed by atoms with Crippen molar-refractivity contribution < 1.29 is 27.3 Å². The summed E-state index contributed by atoms with van der Waals surface area (Å²) < 4.78 is 43.3. The van der Waals surface area contributed by atoms with E-state index in [1.54, 1.807) is 0 Å². The molecule has 1 rings (SSSR count). The number of unbranched alkanes of at least 4 members (excludes halogenated alkanes) is 1. The van der Waals surface area contributed by atoms with Crippen LogP contribution < -0.4 is 4.57 Å².